The Morgan fingerprint density at radius 3 is 2.64 bits per heavy atom. The maximum absolute atomic E-state index is 5.21. The molecule has 0 fully saturated rings. The van der Waals surface area contributed by atoms with E-state index in [1.54, 1.807) is 14.2 Å². The van der Waals surface area contributed by atoms with Crippen LogP contribution in [0, 0.1) is 0 Å². The number of methoxy groups -OCH3 is 2. The van der Waals surface area contributed by atoms with E-state index in [9.17, 15) is 0 Å². The van der Waals surface area contributed by atoms with Crippen LogP contribution in [0.4, 0.5) is 0 Å². The second-order valence-corrected chi connectivity index (χ2v) is 3.06. The molecule has 3 heteroatoms. The maximum atomic E-state index is 5.21. The quantitative estimate of drug-likeness (QED) is 0.770. The normalized spacial score (nSPS) is 10.5. The molecule has 76 valence electrons. The van der Waals surface area contributed by atoms with Gasteiger partial charge >= 0.3 is 0 Å². The molecule has 0 saturated carbocycles. The Labute approximate surface area is 89.9 Å². The standard InChI is InChI=1S/C11H14O2S/c1-12-10-5-6-11(13-2)9(8-10)4-3-7-14/h3-6,8,14H,7H2,1-2H3. The summed E-state index contributed by atoms with van der Waals surface area (Å²) in [5, 5.41) is 0. The lowest BCUT2D eigenvalue weighted by atomic mass is 10.2. The lowest BCUT2D eigenvalue weighted by Crippen LogP contribution is -1.89. The Hall–Kier alpha value is -1.09. The first-order valence-electron chi connectivity index (χ1n) is 4.31. The summed E-state index contributed by atoms with van der Waals surface area (Å²) < 4.78 is 10.3. The van der Waals surface area contributed by atoms with Crippen molar-refractivity contribution in [3.05, 3.63) is 29.8 Å². The highest BCUT2D eigenvalue weighted by atomic mass is 32.1. The van der Waals surface area contributed by atoms with Gasteiger partial charge in [-0.1, -0.05) is 12.2 Å². The summed E-state index contributed by atoms with van der Waals surface area (Å²) in [6.07, 6.45) is 3.93. The zero-order valence-corrected chi connectivity index (χ0v) is 9.25. The van der Waals surface area contributed by atoms with E-state index in [4.69, 9.17) is 9.47 Å². The predicted molar refractivity (Wildman–Crippen MR) is 62.4 cm³/mol. The third kappa shape index (κ3) is 2.70. The number of rotatable bonds is 4. The molecular weight excluding hydrogens is 196 g/mol. The lowest BCUT2D eigenvalue weighted by Gasteiger charge is -2.06. The first-order valence-corrected chi connectivity index (χ1v) is 4.94. The highest BCUT2D eigenvalue weighted by molar-refractivity contribution is 7.80. The minimum Gasteiger partial charge on any atom is -0.497 e. The zero-order chi connectivity index (χ0) is 10.4. The van der Waals surface area contributed by atoms with Crippen LogP contribution in [0.1, 0.15) is 5.56 Å². The van der Waals surface area contributed by atoms with Crippen LogP contribution in [0.5, 0.6) is 11.5 Å². The molecule has 0 radical (unpaired) electrons. The molecule has 0 aromatic heterocycles. The van der Waals surface area contributed by atoms with Crippen molar-refractivity contribution in [1.82, 2.24) is 0 Å². The number of hydrogen-bond donors (Lipinski definition) is 1. The van der Waals surface area contributed by atoms with Crippen LogP contribution >= 0.6 is 12.6 Å². The van der Waals surface area contributed by atoms with Crippen molar-refractivity contribution in [3.63, 3.8) is 0 Å². The van der Waals surface area contributed by atoms with Gasteiger partial charge in [-0.2, -0.15) is 12.6 Å². The molecule has 0 aliphatic heterocycles. The second-order valence-electron chi connectivity index (χ2n) is 2.69. The summed E-state index contributed by atoms with van der Waals surface area (Å²) in [6, 6.07) is 5.69. The Morgan fingerprint density at radius 1 is 1.29 bits per heavy atom. The maximum Gasteiger partial charge on any atom is 0.126 e. The molecule has 0 unspecified atom stereocenters. The lowest BCUT2D eigenvalue weighted by molar-refractivity contribution is 0.402. The molecule has 1 aromatic rings. The molecular formula is C11H14O2S. The van der Waals surface area contributed by atoms with E-state index >= 15 is 0 Å². The molecule has 0 saturated heterocycles. The van der Waals surface area contributed by atoms with E-state index in [1.807, 2.05) is 30.4 Å². The van der Waals surface area contributed by atoms with Gasteiger partial charge in [0.25, 0.3) is 0 Å². The monoisotopic (exact) mass is 210 g/mol. The molecule has 2 nitrogen and oxygen atoms in total. The molecule has 0 N–H and O–H groups in total. The highest BCUT2D eigenvalue weighted by Crippen LogP contribution is 2.24. The summed E-state index contributed by atoms with van der Waals surface area (Å²) in [6.45, 7) is 0. The average molecular weight is 210 g/mol. The summed E-state index contributed by atoms with van der Waals surface area (Å²) in [4.78, 5) is 0. The largest absolute Gasteiger partial charge is 0.497 e. The smallest absolute Gasteiger partial charge is 0.126 e. The molecule has 0 heterocycles. The average Bonchev–Trinajstić information content (AvgIpc) is 2.25. The summed E-state index contributed by atoms with van der Waals surface area (Å²) in [5.74, 6) is 2.37. The van der Waals surface area contributed by atoms with E-state index in [0.717, 1.165) is 17.1 Å². The zero-order valence-electron chi connectivity index (χ0n) is 8.36. The highest BCUT2D eigenvalue weighted by Gasteiger charge is 2.00. The molecule has 14 heavy (non-hydrogen) atoms. The van der Waals surface area contributed by atoms with Gasteiger partial charge < -0.3 is 9.47 Å². The fraction of sp³-hybridized carbons (Fsp3) is 0.273. The fourth-order valence-electron chi connectivity index (χ4n) is 1.15. The van der Waals surface area contributed by atoms with E-state index in [2.05, 4.69) is 12.6 Å². The van der Waals surface area contributed by atoms with Crippen molar-refractivity contribution in [2.45, 2.75) is 0 Å². The molecule has 0 aliphatic carbocycles. The third-order valence-corrected chi connectivity index (χ3v) is 2.05. The van der Waals surface area contributed by atoms with Gasteiger partial charge in [-0.05, 0) is 18.2 Å². The van der Waals surface area contributed by atoms with Crippen LogP contribution in [-0.2, 0) is 0 Å². The van der Waals surface area contributed by atoms with Crippen molar-refractivity contribution in [2.75, 3.05) is 20.0 Å². The number of thiol groups is 1. The summed E-state index contributed by atoms with van der Waals surface area (Å²) in [7, 11) is 3.30. The predicted octanol–water partition coefficient (Wildman–Crippen LogP) is 2.65. The van der Waals surface area contributed by atoms with Crippen LogP contribution in [0.25, 0.3) is 6.08 Å². The Kier molecular flexibility index (Phi) is 4.40. The first kappa shape index (κ1) is 11.0. The topological polar surface area (TPSA) is 18.5 Å². The minimum absolute atomic E-state index is 0.709. The van der Waals surface area contributed by atoms with E-state index < -0.39 is 0 Å². The molecule has 0 atom stereocenters. The molecule has 0 spiro atoms. The van der Waals surface area contributed by atoms with E-state index in [-0.39, 0.29) is 0 Å². The van der Waals surface area contributed by atoms with Crippen LogP contribution in [-0.4, -0.2) is 20.0 Å². The Morgan fingerprint density at radius 2 is 2.07 bits per heavy atom. The van der Waals surface area contributed by atoms with Gasteiger partial charge in [0.15, 0.2) is 0 Å². The van der Waals surface area contributed by atoms with E-state index in [1.165, 1.54) is 0 Å². The van der Waals surface area contributed by atoms with Gasteiger partial charge in [-0.25, -0.2) is 0 Å². The van der Waals surface area contributed by atoms with Gasteiger partial charge in [-0.15, -0.1) is 0 Å². The van der Waals surface area contributed by atoms with Gasteiger partial charge in [0, 0.05) is 11.3 Å². The van der Waals surface area contributed by atoms with Crippen molar-refractivity contribution in [1.29, 1.82) is 0 Å². The molecule has 0 amide bonds. The Balaban J connectivity index is 3.02. The van der Waals surface area contributed by atoms with Gasteiger partial charge in [0.05, 0.1) is 14.2 Å². The summed E-state index contributed by atoms with van der Waals surface area (Å²) in [5.41, 5.74) is 1.00. The van der Waals surface area contributed by atoms with Crippen LogP contribution in [0.3, 0.4) is 0 Å². The van der Waals surface area contributed by atoms with Crippen molar-refractivity contribution < 1.29 is 9.47 Å². The minimum atomic E-state index is 0.709. The first-order chi connectivity index (χ1) is 6.81. The van der Waals surface area contributed by atoms with Crippen LogP contribution in [0.2, 0.25) is 0 Å². The Bertz CT molecular complexity index is 321. The van der Waals surface area contributed by atoms with Crippen LogP contribution in [0.15, 0.2) is 24.3 Å². The van der Waals surface area contributed by atoms with Gasteiger partial charge in [0.1, 0.15) is 11.5 Å². The van der Waals surface area contributed by atoms with Gasteiger partial charge in [-0.3, -0.25) is 0 Å². The molecule has 1 rings (SSSR count). The van der Waals surface area contributed by atoms with E-state index in [0.29, 0.717) is 5.75 Å². The summed E-state index contributed by atoms with van der Waals surface area (Å²) >= 11 is 4.10. The number of benzene rings is 1. The number of hydrogen-bond acceptors (Lipinski definition) is 3. The SMILES string of the molecule is COc1ccc(OC)c(C=CCS)c1. The molecule has 0 aliphatic rings. The van der Waals surface area contributed by atoms with Crippen molar-refractivity contribution in [2.24, 2.45) is 0 Å². The van der Waals surface area contributed by atoms with Crippen LogP contribution < -0.4 is 9.47 Å². The van der Waals surface area contributed by atoms with Crippen molar-refractivity contribution >= 4 is 18.7 Å². The third-order valence-electron chi connectivity index (χ3n) is 1.84. The number of ether oxygens (including phenoxy) is 2. The van der Waals surface area contributed by atoms with Crippen molar-refractivity contribution in [3.8, 4) is 11.5 Å². The fourth-order valence-corrected chi connectivity index (χ4v) is 1.25. The molecule has 0 bridgehead atoms. The second kappa shape index (κ2) is 5.60. The van der Waals surface area contributed by atoms with Gasteiger partial charge in [0.2, 0.25) is 0 Å². The molecule has 1 aromatic carbocycles.